The van der Waals surface area contributed by atoms with Gasteiger partial charge in [0.15, 0.2) is 0 Å². The molecule has 0 atom stereocenters. The normalized spacial score (nSPS) is 9.53. The molecule has 0 bridgehead atoms. The van der Waals surface area contributed by atoms with Crippen LogP contribution in [0.4, 0.5) is 5.95 Å². The number of H-pyrrole nitrogens is 1. The van der Waals surface area contributed by atoms with E-state index in [1.165, 1.54) is 6.20 Å². The van der Waals surface area contributed by atoms with Crippen molar-refractivity contribution in [3.8, 4) is 6.07 Å². The average molecular weight is 200 g/mol. The largest absolute Gasteiger partial charge is 0.347 e. The molecule has 2 rings (SSSR count). The Hall–Kier alpha value is -2.42. The molecule has 2 heterocycles. The van der Waals surface area contributed by atoms with Crippen LogP contribution in [-0.4, -0.2) is 19.9 Å². The molecular weight excluding hydrogens is 192 g/mol. The molecule has 0 aliphatic carbocycles. The van der Waals surface area contributed by atoms with E-state index in [0.717, 1.165) is 5.82 Å². The molecule has 15 heavy (non-hydrogen) atoms. The summed E-state index contributed by atoms with van der Waals surface area (Å²) in [5.41, 5.74) is 0.340. The maximum absolute atomic E-state index is 8.63. The summed E-state index contributed by atoms with van der Waals surface area (Å²) in [7, 11) is 0. The Bertz CT molecular complexity index is 470. The lowest BCUT2D eigenvalue weighted by atomic mass is 10.4. The molecule has 0 aliphatic heterocycles. The Balaban J connectivity index is 2.02. The van der Waals surface area contributed by atoms with E-state index in [1.54, 1.807) is 18.5 Å². The number of imidazole rings is 1. The van der Waals surface area contributed by atoms with E-state index in [2.05, 4.69) is 25.3 Å². The summed E-state index contributed by atoms with van der Waals surface area (Å²) in [6, 6.07) is 3.50. The molecule has 0 unspecified atom stereocenters. The van der Waals surface area contributed by atoms with Crippen molar-refractivity contribution in [1.29, 1.82) is 5.26 Å². The second-order valence-corrected chi connectivity index (χ2v) is 2.77. The Morgan fingerprint density at radius 3 is 3.07 bits per heavy atom. The van der Waals surface area contributed by atoms with Crippen molar-refractivity contribution in [2.45, 2.75) is 6.54 Å². The molecule has 0 saturated carbocycles. The predicted octanol–water partition coefficient (Wildman–Crippen LogP) is 0.683. The Morgan fingerprint density at radius 1 is 1.40 bits per heavy atom. The second-order valence-electron chi connectivity index (χ2n) is 2.77. The van der Waals surface area contributed by atoms with E-state index in [9.17, 15) is 0 Å². The standard InChI is InChI=1S/C9H8N6/c10-5-7-1-2-13-9(15-7)14-6-8-11-3-4-12-8/h1-4H,6H2,(H,11,12)(H,13,14,15). The molecule has 74 valence electrons. The number of rotatable bonds is 3. The minimum Gasteiger partial charge on any atom is -0.347 e. The van der Waals surface area contributed by atoms with Gasteiger partial charge >= 0.3 is 0 Å². The number of nitriles is 1. The summed E-state index contributed by atoms with van der Waals surface area (Å²) in [6.07, 6.45) is 4.95. The fourth-order valence-corrected chi connectivity index (χ4v) is 1.06. The quantitative estimate of drug-likeness (QED) is 0.760. The summed E-state index contributed by atoms with van der Waals surface area (Å²) < 4.78 is 0. The van der Waals surface area contributed by atoms with Crippen LogP contribution in [-0.2, 0) is 6.54 Å². The van der Waals surface area contributed by atoms with Gasteiger partial charge in [-0.1, -0.05) is 0 Å². The molecule has 0 radical (unpaired) electrons. The fourth-order valence-electron chi connectivity index (χ4n) is 1.06. The van der Waals surface area contributed by atoms with E-state index < -0.39 is 0 Å². The Kier molecular flexibility index (Phi) is 2.56. The highest BCUT2D eigenvalue weighted by Crippen LogP contribution is 2.00. The monoisotopic (exact) mass is 200 g/mol. The summed E-state index contributed by atoms with van der Waals surface area (Å²) in [5, 5.41) is 11.6. The van der Waals surface area contributed by atoms with Gasteiger partial charge in [-0.25, -0.2) is 15.0 Å². The van der Waals surface area contributed by atoms with Gasteiger partial charge in [0.2, 0.25) is 5.95 Å². The van der Waals surface area contributed by atoms with Crippen LogP contribution in [0.3, 0.4) is 0 Å². The predicted molar refractivity (Wildman–Crippen MR) is 52.7 cm³/mol. The van der Waals surface area contributed by atoms with E-state index >= 15 is 0 Å². The van der Waals surface area contributed by atoms with Crippen molar-refractivity contribution >= 4 is 5.95 Å². The zero-order chi connectivity index (χ0) is 10.5. The van der Waals surface area contributed by atoms with Crippen molar-refractivity contribution < 1.29 is 0 Å². The summed E-state index contributed by atoms with van der Waals surface area (Å²) in [5.74, 6) is 1.21. The molecule has 0 fully saturated rings. The molecule has 2 N–H and O–H groups in total. The lowest BCUT2D eigenvalue weighted by molar-refractivity contribution is 0.965. The van der Waals surface area contributed by atoms with Gasteiger partial charge in [-0.2, -0.15) is 5.26 Å². The van der Waals surface area contributed by atoms with Crippen LogP contribution in [0.2, 0.25) is 0 Å². The molecule has 6 heteroatoms. The summed E-state index contributed by atoms with van der Waals surface area (Å²) in [6.45, 7) is 0.502. The summed E-state index contributed by atoms with van der Waals surface area (Å²) >= 11 is 0. The summed E-state index contributed by atoms with van der Waals surface area (Å²) in [4.78, 5) is 14.9. The number of aromatic amines is 1. The van der Waals surface area contributed by atoms with E-state index in [0.29, 0.717) is 18.2 Å². The molecule has 2 aromatic heterocycles. The average Bonchev–Trinajstić information content (AvgIpc) is 2.79. The van der Waals surface area contributed by atoms with Crippen LogP contribution in [0, 0.1) is 11.3 Å². The zero-order valence-electron chi connectivity index (χ0n) is 7.81. The first-order chi connectivity index (χ1) is 7.38. The first-order valence-electron chi connectivity index (χ1n) is 4.34. The lowest BCUT2D eigenvalue weighted by Crippen LogP contribution is -2.05. The molecule has 6 nitrogen and oxygen atoms in total. The fraction of sp³-hybridized carbons (Fsp3) is 0.111. The van der Waals surface area contributed by atoms with Crippen molar-refractivity contribution in [1.82, 2.24) is 19.9 Å². The number of nitrogens with one attached hydrogen (secondary N) is 2. The lowest BCUT2D eigenvalue weighted by Gasteiger charge is -2.01. The Morgan fingerprint density at radius 2 is 2.33 bits per heavy atom. The molecular formula is C9H8N6. The number of aromatic nitrogens is 4. The van der Waals surface area contributed by atoms with Gasteiger partial charge < -0.3 is 10.3 Å². The van der Waals surface area contributed by atoms with Crippen LogP contribution < -0.4 is 5.32 Å². The minimum atomic E-state index is 0.340. The van der Waals surface area contributed by atoms with Gasteiger partial charge in [0.25, 0.3) is 0 Å². The van der Waals surface area contributed by atoms with E-state index in [1.807, 2.05) is 6.07 Å². The first kappa shape index (κ1) is 9.15. The number of nitrogens with zero attached hydrogens (tertiary/aromatic N) is 4. The minimum absolute atomic E-state index is 0.340. The van der Waals surface area contributed by atoms with Crippen LogP contribution >= 0.6 is 0 Å². The first-order valence-corrected chi connectivity index (χ1v) is 4.34. The molecule has 2 aromatic rings. The molecule has 0 saturated heterocycles. The van der Waals surface area contributed by atoms with Gasteiger partial charge in [-0.3, -0.25) is 0 Å². The van der Waals surface area contributed by atoms with Gasteiger partial charge in [0.05, 0.1) is 6.54 Å². The van der Waals surface area contributed by atoms with Crippen molar-refractivity contribution in [3.63, 3.8) is 0 Å². The maximum atomic E-state index is 8.63. The third-order valence-electron chi connectivity index (χ3n) is 1.74. The Labute approximate surface area is 86.0 Å². The topological polar surface area (TPSA) is 90.3 Å². The van der Waals surface area contributed by atoms with Crippen LogP contribution in [0.15, 0.2) is 24.7 Å². The van der Waals surface area contributed by atoms with Gasteiger partial charge in [-0.15, -0.1) is 0 Å². The van der Waals surface area contributed by atoms with E-state index in [-0.39, 0.29) is 0 Å². The third kappa shape index (κ3) is 2.28. The second kappa shape index (κ2) is 4.19. The van der Waals surface area contributed by atoms with Crippen molar-refractivity contribution in [3.05, 3.63) is 36.2 Å². The maximum Gasteiger partial charge on any atom is 0.224 e. The third-order valence-corrected chi connectivity index (χ3v) is 1.74. The van der Waals surface area contributed by atoms with Crippen molar-refractivity contribution in [2.24, 2.45) is 0 Å². The van der Waals surface area contributed by atoms with Gasteiger partial charge in [0.1, 0.15) is 17.6 Å². The van der Waals surface area contributed by atoms with Crippen LogP contribution in [0.1, 0.15) is 11.5 Å². The molecule has 0 aliphatic rings. The van der Waals surface area contributed by atoms with Gasteiger partial charge in [-0.05, 0) is 6.07 Å². The number of hydrogen-bond donors (Lipinski definition) is 2. The highest BCUT2D eigenvalue weighted by Gasteiger charge is 1.99. The number of anilines is 1. The van der Waals surface area contributed by atoms with Gasteiger partial charge in [0, 0.05) is 18.6 Å². The van der Waals surface area contributed by atoms with Crippen LogP contribution in [0.25, 0.3) is 0 Å². The molecule has 0 aromatic carbocycles. The number of hydrogen-bond acceptors (Lipinski definition) is 5. The SMILES string of the molecule is N#Cc1ccnc(NCc2ncc[nH]2)n1. The molecule has 0 spiro atoms. The van der Waals surface area contributed by atoms with Crippen LogP contribution in [0.5, 0.6) is 0 Å². The highest BCUT2D eigenvalue weighted by atomic mass is 15.1. The molecule has 0 amide bonds. The zero-order valence-corrected chi connectivity index (χ0v) is 7.81. The van der Waals surface area contributed by atoms with E-state index in [4.69, 9.17) is 5.26 Å². The van der Waals surface area contributed by atoms with Crippen molar-refractivity contribution in [2.75, 3.05) is 5.32 Å². The smallest absolute Gasteiger partial charge is 0.224 e. The highest BCUT2D eigenvalue weighted by molar-refractivity contribution is 5.30.